The maximum atomic E-state index is 12.5. The molecule has 196 valence electrons. The Hall–Kier alpha value is -4.11. The average Bonchev–Trinajstić information content (AvgIpc) is 3.38. The fraction of sp³-hybridized carbons (Fsp3) is 0.241. The monoisotopic (exact) mass is 528 g/mol. The van der Waals surface area contributed by atoms with Crippen LogP contribution < -0.4 is 15.1 Å². The van der Waals surface area contributed by atoms with Crippen LogP contribution in [0.3, 0.4) is 0 Å². The first-order valence-corrected chi connectivity index (χ1v) is 13.6. The summed E-state index contributed by atoms with van der Waals surface area (Å²) in [5.41, 5.74) is 6.50. The molecular weight excluding hydrogens is 496 g/mol. The minimum atomic E-state index is -0.228. The highest BCUT2D eigenvalue weighted by molar-refractivity contribution is 7.99. The third-order valence-corrected chi connectivity index (χ3v) is 6.76. The van der Waals surface area contributed by atoms with Gasteiger partial charge in [-0.05, 0) is 62.7 Å². The summed E-state index contributed by atoms with van der Waals surface area (Å²) in [6, 6.07) is 25.7. The van der Waals surface area contributed by atoms with Crippen LogP contribution in [0.25, 0.3) is 17.1 Å². The number of thioether (sulfide) groups is 1. The number of nitrogens with one attached hydrogen (secondary N) is 1. The Kier molecular flexibility index (Phi) is 9.53. The predicted molar refractivity (Wildman–Crippen MR) is 154 cm³/mol. The zero-order valence-electron chi connectivity index (χ0n) is 21.9. The molecule has 0 fully saturated rings. The highest BCUT2D eigenvalue weighted by Gasteiger charge is 2.17. The van der Waals surface area contributed by atoms with Gasteiger partial charge in [-0.15, -0.1) is 10.2 Å². The number of ether oxygens (including phenoxy) is 1. The number of hydrogen-bond donors (Lipinski definition) is 1. The highest BCUT2D eigenvalue weighted by Crippen LogP contribution is 2.28. The fourth-order valence-corrected chi connectivity index (χ4v) is 4.67. The van der Waals surface area contributed by atoms with Crippen LogP contribution in [0.2, 0.25) is 0 Å². The van der Waals surface area contributed by atoms with Gasteiger partial charge in [-0.1, -0.05) is 54.2 Å². The Bertz CT molecular complexity index is 1330. The lowest BCUT2D eigenvalue weighted by atomic mass is 10.2. The summed E-state index contributed by atoms with van der Waals surface area (Å²) in [4.78, 5) is 14.8. The van der Waals surface area contributed by atoms with Crippen molar-refractivity contribution in [2.45, 2.75) is 25.9 Å². The molecule has 9 heteroatoms. The minimum absolute atomic E-state index is 0.141. The first-order valence-electron chi connectivity index (χ1n) is 12.7. The number of aromatic nitrogens is 3. The van der Waals surface area contributed by atoms with Crippen molar-refractivity contribution in [1.82, 2.24) is 20.2 Å². The van der Waals surface area contributed by atoms with Gasteiger partial charge in [0.2, 0.25) is 0 Å². The third kappa shape index (κ3) is 6.80. The standard InChI is InChI=1S/C29H32N6O2S/c1-4-34(5-2)24-14-12-22(13-15-24)20-30-31-27(36)21-38-29-33-32-28(23-10-8-7-9-11-23)35(29)25-16-18-26(19-17-25)37-6-3/h7-20H,4-6,21H2,1-3H3,(H,31,36). The van der Waals surface area contributed by atoms with E-state index >= 15 is 0 Å². The molecule has 0 bridgehead atoms. The maximum Gasteiger partial charge on any atom is 0.250 e. The fourth-order valence-electron chi connectivity index (χ4n) is 3.93. The van der Waals surface area contributed by atoms with E-state index in [0.29, 0.717) is 17.6 Å². The number of amides is 1. The number of rotatable bonds is 12. The molecule has 0 aliphatic rings. The first-order chi connectivity index (χ1) is 18.6. The Labute approximate surface area is 227 Å². The summed E-state index contributed by atoms with van der Waals surface area (Å²) >= 11 is 1.30. The van der Waals surface area contributed by atoms with E-state index < -0.39 is 0 Å². The van der Waals surface area contributed by atoms with E-state index in [1.807, 2.05) is 78.2 Å². The van der Waals surface area contributed by atoms with Crippen LogP contribution in [-0.2, 0) is 4.79 Å². The zero-order valence-corrected chi connectivity index (χ0v) is 22.7. The summed E-state index contributed by atoms with van der Waals surface area (Å²) in [5.74, 6) is 1.40. The second-order valence-electron chi connectivity index (χ2n) is 8.28. The summed E-state index contributed by atoms with van der Waals surface area (Å²) in [6.07, 6.45) is 1.64. The van der Waals surface area contributed by atoms with Crippen LogP contribution in [0.1, 0.15) is 26.3 Å². The summed E-state index contributed by atoms with van der Waals surface area (Å²) in [7, 11) is 0. The van der Waals surface area contributed by atoms with Crippen molar-refractivity contribution in [1.29, 1.82) is 0 Å². The average molecular weight is 529 g/mol. The Morgan fingerprint density at radius 2 is 1.68 bits per heavy atom. The van der Waals surface area contributed by atoms with Crippen LogP contribution in [0, 0.1) is 0 Å². The van der Waals surface area contributed by atoms with Crippen molar-refractivity contribution >= 4 is 29.6 Å². The molecule has 0 atom stereocenters. The van der Waals surface area contributed by atoms with Gasteiger partial charge in [-0.25, -0.2) is 5.43 Å². The molecular formula is C29H32N6O2S. The van der Waals surface area contributed by atoms with Crippen molar-refractivity contribution in [3.05, 3.63) is 84.4 Å². The molecule has 1 aromatic heterocycles. The molecule has 8 nitrogen and oxygen atoms in total. The molecule has 1 heterocycles. The Morgan fingerprint density at radius 1 is 0.974 bits per heavy atom. The van der Waals surface area contributed by atoms with Crippen LogP contribution in [0.5, 0.6) is 5.75 Å². The van der Waals surface area contributed by atoms with Crippen molar-refractivity contribution < 1.29 is 9.53 Å². The van der Waals surface area contributed by atoms with Crippen LogP contribution in [0.4, 0.5) is 5.69 Å². The second kappa shape index (κ2) is 13.4. The van der Waals surface area contributed by atoms with Gasteiger partial charge in [-0.2, -0.15) is 5.10 Å². The highest BCUT2D eigenvalue weighted by atomic mass is 32.2. The molecule has 38 heavy (non-hydrogen) atoms. The zero-order chi connectivity index (χ0) is 26.7. The topological polar surface area (TPSA) is 84.6 Å². The lowest BCUT2D eigenvalue weighted by Crippen LogP contribution is -2.21. The molecule has 4 aromatic rings. The number of hydrazone groups is 1. The van der Waals surface area contributed by atoms with E-state index in [4.69, 9.17) is 4.74 Å². The number of hydrogen-bond acceptors (Lipinski definition) is 7. The second-order valence-corrected chi connectivity index (χ2v) is 9.22. The lowest BCUT2D eigenvalue weighted by molar-refractivity contribution is -0.118. The van der Waals surface area contributed by atoms with E-state index in [1.54, 1.807) is 6.21 Å². The smallest absolute Gasteiger partial charge is 0.250 e. The molecule has 0 unspecified atom stereocenters. The van der Waals surface area contributed by atoms with Crippen LogP contribution in [-0.4, -0.2) is 52.3 Å². The molecule has 0 radical (unpaired) electrons. The number of carbonyl (C=O) groups is 1. The SMILES string of the molecule is CCOc1ccc(-n2c(SCC(=O)NN=Cc3ccc(N(CC)CC)cc3)nnc2-c2ccccc2)cc1. The van der Waals surface area contributed by atoms with Crippen LogP contribution in [0.15, 0.2) is 89.1 Å². The molecule has 0 saturated heterocycles. The van der Waals surface area contributed by atoms with E-state index in [2.05, 4.69) is 51.6 Å². The van der Waals surface area contributed by atoms with E-state index in [0.717, 1.165) is 35.7 Å². The number of benzene rings is 3. The van der Waals surface area contributed by atoms with E-state index in [1.165, 1.54) is 17.4 Å². The lowest BCUT2D eigenvalue weighted by Gasteiger charge is -2.20. The van der Waals surface area contributed by atoms with Gasteiger partial charge in [0, 0.05) is 30.0 Å². The van der Waals surface area contributed by atoms with E-state index in [-0.39, 0.29) is 11.7 Å². The minimum Gasteiger partial charge on any atom is -0.494 e. The van der Waals surface area contributed by atoms with Crippen molar-refractivity contribution in [2.24, 2.45) is 5.10 Å². The van der Waals surface area contributed by atoms with Gasteiger partial charge in [0.15, 0.2) is 11.0 Å². The predicted octanol–water partition coefficient (Wildman–Crippen LogP) is 5.42. The van der Waals surface area contributed by atoms with Gasteiger partial charge in [0.05, 0.1) is 18.6 Å². The molecule has 1 amide bonds. The van der Waals surface area contributed by atoms with Crippen molar-refractivity contribution in [2.75, 3.05) is 30.3 Å². The molecule has 0 aliphatic carbocycles. The molecule has 3 aromatic carbocycles. The van der Waals surface area contributed by atoms with Gasteiger partial charge in [0.25, 0.3) is 5.91 Å². The normalized spacial score (nSPS) is 11.0. The third-order valence-electron chi connectivity index (χ3n) is 5.83. The largest absolute Gasteiger partial charge is 0.494 e. The van der Waals surface area contributed by atoms with Gasteiger partial charge in [-0.3, -0.25) is 9.36 Å². The van der Waals surface area contributed by atoms with Gasteiger partial charge in [0.1, 0.15) is 5.75 Å². The van der Waals surface area contributed by atoms with Crippen molar-refractivity contribution in [3.63, 3.8) is 0 Å². The van der Waals surface area contributed by atoms with Crippen LogP contribution >= 0.6 is 11.8 Å². The first kappa shape index (κ1) is 26.9. The number of anilines is 1. The summed E-state index contributed by atoms with van der Waals surface area (Å²) in [5, 5.41) is 13.5. The molecule has 1 N–H and O–H groups in total. The molecule has 4 rings (SSSR count). The van der Waals surface area contributed by atoms with Gasteiger partial charge < -0.3 is 9.64 Å². The molecule has 0 saturated carbocycles. The Morgan fingerprint density at radius 3 is 2.34 bits per heavy atom. The molecule has 0 spiro atoms. The van der Waals surface area contributed by atoms with E-state index in [9.17, 15) is 4.79 Å². The Balaban J connectivity index is 1.44. The summed E-state index contributed by atoms with van der Waals surface area (Å²) in [6.45, 7) is 8.73. The van der Waals surface area contributed by atoms with Crippen molar-refractivity contribution in [3.8, 4) is 22.8 Å². The summed E-state index contributed by atoms with van der Waals surface area (Å²) < 4.78 is 7.53. The number of carbonyl (C=O) groups excluding carboxylic acids is 1. The van der Waals surface area contributed by atoms with Gasteiger partial charge >= 0.3 is 0 Å². The quantitative estimate of drug-likeness (QED) is 0.150. The number of nitrogens with zero attached hydrogens (tertiary/aromatic N) is 5. The maximum absolute atomic E-state index is 12.5. The molecule has 0 aliphatic heterocycles.